The highest BCUT2D eigenvalue weighted by atomic mass is 32.1. The van der Waals surface area contributed by atoms with Gasteiger partial charge in [-0.3, -0.25) is 5.32 Å². The maximum absolute atomic E-state index is 11.9. The number of urea groups is 1. The molecule has 1 aromatic heterocycles. The van der Waals surface area contributed by atoms with E-state index in [-0.39, 0.29) is 6.61 Å². The van der Waals surface area contributed by atoms with Gasteiger partial charge in [0.05, 0.1) is 12.6 Å². The van der Waals surface area contributed by atoms with E-state index in [0.717, 1.165) is 23.4 Å². The van der Waals surface area contributed by atoms with E-state index in [9.17, 15) is 9.90 Å². The molecule has 6 nitrogen and oxygen atoms in total. The standard InChI is InChI=1S/C14H18N4O2S/c1-2-6-12-17-18-14(21-12)16-13(20)15-11(9-19)10-7-4-3-5-8-10/h3-5,7-8,11,19H,2,6,9H2,1H3,(H2,15,16,18,20)/t11-/m1/s1. The van der Waals surface area contributed by atoms with Gasteiger partial charge in [-0.15, -0.1) is 10.2 Å². The van der Waals surface area contributed by atoms with Crippen molar-refractivity contribution in [2.75, 3.05) is 11.9 Å². The zero-order valence-corrected chi connectivity index (χ0v) is 12.6. The Morgan fingerprint density at radius 2 is 2.10 bits per heavy atom. The molecule has 2 rings (SSSR count). The topological polar surface area (TPSA) is 87.1 Å². The molecule has 0 radical (unpaired) electrons. The Kier molecular flexibility index (Phi) is 5.65. The fourth-order valence-electron chi connectivity index (χ4n) is 1.83. The van der Waals surface area contributed by atoms with Crippen LogP contribution >= 0.6 is 11.3 Å². The molecule has 0 unspecified atom stereocenters. The van der Waals surface area contributed by atoms with Gasteiger partial charge in [-0.25, -0.2) is 4.79 Å². The predicted octanol–water partition coefficient (Wildman–Crippen LogP) is 2.35. The molecule has 3 N–H and O–H groups in total. The summed E-state index contributed by atoms with van der Waals surface area (Å²) in [7, 11) is 0. The number of benzene rings is 1. The van der Waals surface area contributed by atoms with Crippen LogP contribution in [0.3, 0.4) is 0 Å². The molecule has 0 saturated carbocycles. The van der Waals surface area contributed by atoms with Crippen LogP contribution in [0.15, 0.2) is 30.3 Å². The molecule has 2 aromatic rings. The molecule has 112 valence electrons. The zero-order chi connectivity index (χ0) is 15.1. The van der Waals surface area contributed by atoms with Gasteiger partial charge >= 0.3 is 6.03 Å². The lowest BCUT2D eigenvalue weighted by atomic mass is 10.1. The Labute approximate surface area is 127 Å². The first-order valence-corrected chi connectivity index (χ1v) is 7.60. The van der Waals surface area contributed by atoms with E-state index in [2.05, 4.69) is 27.8 Å². The van der Waals surface area contributed by atoms with Crippen LogP contribution in [0.5, 0.6) is 0 Å². The van der Waals surface area contributed by atoms with E-state index in [1.165, 1.54) is 11.3 Å². The summed E-state index contributed by atoms with van der Waals surface area (Å²) in [6, 6.07) is 8.45. The van der Waals surface area contributed by atoms with Crippen LogP contribution in [-0.4, -0.2) is 27.9 Å². The number of amides is 2. The van der Waals surface area contributed by atoms with E-state index < -0.39 is 12.1 Å². The van der Waals surface area contributed by atoms with E-state index >= 15 is 0 Å². The van der Waals surface area contributed by atoms with Crippen molar-refractivity contribution >= 4 is 22.5 Å². The lowest BCUT2D eigenvalue weighted by Crippen LogP contribution is -2.34. The number of aromatic nitrogens is 2. The van der Waals surface area contributed by atoms with E-state index in [1.807, 2.05) is 30.3 Å². The number of carbonyl (C=O) groups is 1. The molecule has 0 aliphatic rings. The van der Waals surface area contributed by atoms with E-state index in [0.29, 0.717) is 5.13 Å². The number of nitrogens with zero attached hydrogens (tertiary/aromatic N) is 2. The molecular weight excluding hydrogens is 288 g/mol. The maximum Gasteiger partial charge on any atom is 0.321 e. The molecule has 1 heterocycles. The van der Waals surface area contributed by atoms with Gasteiger partial charge < -0.3 is 10.4 Å². The number of nitrogens with one attached hydrogen (secondary N) is 2. The normalized spacial score (nSPS) is 11.9. The van der Waals surface area contributed by atoms with Crippen molar-refractivity contribution in [3.63, 3.8) is 0 Å². The fourth-order valence-corrected chi connectivity index (χ4v) is 2.67. The van der Waals surface area contributed by atoms with E-state index in [1.54, 1.807) is 0 Å². The maximum atomic E-state index is 11.9. The summed E-state index contributed by atoms with van der Waals surface area (Å²) in [5.41, 5.74) is 0.846. The third kappa shape index (κ3) is 4.51. The van der Waals surface area contributed by atoms with E-state index in [4.69, 9.17) is 0 Å². The van der Waals surface area contributed by atoms with Gasteiger partial charge in [0.2, 0.25) is 5.13 Å². The van der Waals surface area contributed by atoms with Crippen LogP contribution in [0.4, 0.5) is 9.93 Å². The van der Waals surface area contributed by atoms with Crippen molar-refractivity contribution in [3.8, 4) is 0 Å². The van der Waals surface area contributed by atoms with Crippen LogP contribution in [0.1, 0.15) is 30.0 Å². The van der Waals surface area contributed by atoms with Crippen molar-refractivity contribution in [2.24, 2.45) is 0 Å². The highest BCUT2D eigenvalue weighted by Gasteiger charge is 2.14. The number of aliphatic hydroxyl groups excluding tert-OH is 1. The van der Waals surface area contributed by atoms with Crippen LogP contribution in [0, 0.1) is 0 Å². The molecule has 0 aliphatic heterocycles. The molecule has 7 heteroatoms. The molecule has 0 saturated heterocycles. The summed E-state index contributed by atoms with van der Waals surface area (Å²) in [5, 5.41) is 24.0. The van der Waals surface area contributed by atoms with Crippen molar-refractivity contribution in [2.45, 2.75) is 25.8 Å². The van der Waals surface area contributed by atoms with Gasteiger partial charge in [-0.05, 0) is 12.0 Å². The van der Waals surface area contributed by atoms with Crippen molar-refractivity contribution in [1.29, 1.82) is 0 Å². The number of hydrogen-bond acceptors (Lipinski definition) is 5. The number of carbonyl (C=O) groups excluding carboxylic acids is 1. The number of hydrogen-bond donors (Lipinski definition) is 3. The molecule has 2 amide bonds. The van der Waals surface area contributed by atoms with Gasteiger partial charge in [-0.2, -0.15) is 0 Å². The van der Waals surface area contributed by atoms with Crippen LogP contribution < -0.4 is 10.6 Å². The number of rotatable bonds is 6. The molecule has 0 aliphatic carbocycles. The molecule has 0 spiro atoms. The van der Waals surface area contributed by atoms with Crippen LogP contribution in [-0.2, 0) is 6.42 Å². The summed E-state index contributed by atoms with van der Waals surface area (Å²) in [5.74, 6) is 0. The number of aliphatic hydroxyl groups is 1. The minimum atomic E-state index is -0.450. The Hall–Kier alpha value is -1.99. The Balaban J connectivity index is 1.93. The highest BCUT2D eigenvalue weighted by molar-refractivity contribution is 7.15. The second-order valence-electron chi connectivity index (χ2n) is 4.50. The average Bonchev–Trinajstić information content (AvgIpc) is 2.93. The van der Waals surface area contributed by atoms with Gasteiger partial charge in [0, 0.05) is 6.42 Å². The molecule has 0 fully saturated rings. The molecular formula is C14H18N4O2S. The first-order chi connectivity index (χ1) is 10.2. The first kappa shape index (κ1) is 15.4. The van der Waals surface area contributed by atoms with Crippen LogP contribution in [0.25, 0.3) is 0 Å². The van der Waals surface area contributed by atoms with Gasteiger partial charge in [0.1, 0.15) is 5.01 Å². The third-order valence-corrected chi connectivity index (χ3v) is 3.74. The number of anilines is 1. The monoisotopic (exact) mass is 306 g/mol. The second-order valence-corrected chi connectivity index (χ2v) is 5.56. The first-order valence-electron chi connectivity index (χ1n) is 6.78. The Morgan fingerprint density at radius 3 is 2.76 bits per heavy atom. The minimum Gasteiger partial charge on any atom is -0.394 e. The van der Waals surface area contributed by atoms with Gasteiger partial charge in [0.15, 0.2) is 0 Å². The van der Waals surface area contributed by atoms with Gasteiger partial charge in [-0.1, -0.05) is 48.6 Å². The van der Waals surface area contributed by atoms with Crippen LogP contribution in [0.2, 0.25) is 0 Å². The highest BCUT2D eigenvalue weighted by Crippen LogP contribution is 2.17. The Morgan fingerprint density at radius 1 is 1.33 bits per heavy atom. The van der Waals surface area contributed by atoms with Gasteiger partial charge in [0.25, 0.3) is 0 Å². The summed E-state index contributed by atoms with van der Waals surface area (Å²) >= 11 is 1.36. The second kappa shape index (κ2) is 7.70. The lowest BCUT2D eigenvalue weighted by molar-refractivity contribution is 0.225. The van der Waals surface area contributed by atoms with Crippen molar-refractivity contribution in [3.05, 3.63) is 40.9 Å². The molecule has 0 bridgehead atoms. The molecule has 21 heavy (non-hydrogen) atoms. The average molecular weight is 306 g/mol. The minimum absolute atomic E-state index is 0.172. The Bertz CT molecular complexity index is 573. The third-order valence-electron chi connectivity index (χ3n) is 2.84. The quantitative estimate of drug-likeness (QED) is 0.764. The van der Waals surface area contributed by atoms with Crippen molar-refractivity contribution < 1.29 is 9.90 Å². The zero-order valence-electron chi connectivity index (χ0n) is 11.7. The lowest BCUT2D eigenvalue weighted by Gasteiger charge is -2.16. The predicted molar refractivity (Wildman–Crippen MR) is 82.3 cm³/mol. The number of aryl methyl sites for hydroxylation is 1. The fraction of sp³-hybridized carbons (Fsp3) is 0.357. The largest absolute Gasteiger partial charge is 0.394 e. The summed E-state index contributed by atoms with van der Waals surface area (Å²) in [6.07, 6.45) is 1.84. The summed E-state index contributed by atoms with van der Waals surface area (Å²) in [4.78, 5) is 11.9. The van der Waals surface area contributed by atoms with Crippen molar-refractivity contribution in [1.82, 2.24) is 15.5 Å². The smallest absolute Gasteiger partial charge is 0.321 e. The summed E-state index contributed by atoms with van der Waals surface area (Å²) in [6.45, 7) is 1.89. The summed E-state index contributed by atoms with van der Waals surface area (Å²) < 4.78 is 0. The molecule has 1 atom stereocenters. The molecule has 1 aromatic carbocycles. The SMILES string of the molecule is CCCc1nnc(NC(=O)N[C@H](CO)c2ccccc2)s1.